The number of carbonyl (C=O) groups excluding carboxylic acids is 1. The van der Waals surface area contributed by atoms with Crippen molar-refractivity contribution in [3.8, 4) is 0 Å². The summed E-state index contributed by atoms with van der Waals surface area (Å²) in [6.45, 7) is 3.24. The lowest BCUT2D eigenvalue weighted by molar-refractivity contribution is -0.129. The molecule has 1 unspecified atom stereocenters. The highest BCUT2D eigenvalue weighted by Gasteiger charge is 2.30. The van der Waals surface area contributed by atoms with Crippen LogP contribution in [-0.2, 0) is 11.3 Å². The van der Waals surface area contributed by atoms with Gasteiger partial charge in [-0.25, -0.2) is 4.98 Å². The first-order valence-corrected chi connectivity index (χ1v) is 11.9. The van der Waals surface area contributed by atoms with Gasteiger partial charge in [-0.2, -0.15) is 0 Å². The lowest BCUT2D eigenvalue weighted by atomic mass is 10.2. The second-order valence-electron chi connectivity index (χ2n) is 6.65. The Morgan fingerprint density at radius 1 is 1.39 bits per heavy atom. The molecule has 1 atom stereocenters. The van der Waals surface area contributed by atoms with Crippen LogP contribution in [-0.4, -0.2) is 32.7 Å². The van der Waals surface area contributed by atoms with Crippen molar-refractivity contribution in [1.29, 1.82) is 0 Å². The maximum Gasteiger partial charge on any atom is 0.262 e. The van der Waals surface area contributed by atoms with Gasteiger partial charge in [0, 0.05) is 22.4 Å². The maximum atomic E-state index is 12.9. The molecule has 0 bridgehead atoms. The van der Waals surface area contributed by atoms with Crippen LogP contribution >= 0.6 is 39.0 Å². The number of likely N-dealkylation sites (tertiary alicyclic amines) is 1. The molecule has 146 valence electrons. The van der Waals surface area contributed by atoms with Crippen molar-refractivity contribution in [2.75, 3.05) is 12.3 Å². The molecule has 4 rings (SSSR count). The van der Waals surface area contributed by atoms with Crippen LogP contribution in [0.15, 0.2) is 50.1 Å². The molecule has 28 heavy (non-hydrogen) atoms. The molecule has 1 saturated heterocycles. The van der Waals surface area contributed by atoms with Gasteiger partial charge >= 0.3 is 0 Å². The number of thioether (sulfide) groups is 1. The zero-order chi connectivity index (χ0) is 19.7. The third kappa shape index (κ3) is 3.77. The average Bonchev–Trinajstić information content (AvgIpc) is 3.38. The highest BCUT2D eigenvalue weighted by Crippen LogP contribution is 2.35. The zero-order valence-electron chi connectivity index (χ0n) is 15.4. The van der Waals surface area contributed by atoms with Crippen molar-refractivity contribution in [3.63, 3.8) is 0 Å². The monoisotopic (exact) mass is 477 g/mol. The Balaban J connectivity index is 1.56. The van der Waals surface area contributed by atoms with Gasteiger partial charge in [0.05, 0.1) is 22.7 Å². The predicted octanol–water partition coefficient (Wildman–Crippen LogP) is 4.70. The van der Waals surface area contributed by atoms with Gasteiger partial charge in [0.25, 0.3) is 5.56 Å². The predicted molar refractivity (Wildman–Crippen MR) is 118 cm³/mol. The molecule has 8 heteroatoms. The molecule has 0 saturated carbocycles. The van der Waals surface area contributed by atoms with Gasteiger partial charge in [0.1, 0.15) is 0 Å². The van der Waals surface area contributed by atoms with Crippen molar-refractivity contribution in [3.05, 3.63) is 55.4 Å². The van der Waals surface area contributed by atoms with Crippen LogP contribution in [0.25, 0.3) is 10.9 Å². The molecule has 1 aromatic carbocycles. The van der Waals surface area contributed by atoms with Crippen molar-refractivity contribution in [2.24, 2.45) is 0 Å². The first-order valence-electron chi connectivity index (χ1n) is 9.24. The summed E-state index contributed by atoms with van der Waals surface area (Å²) >= 11 is 6.47. The molecule has 1 aliphatic rings. The fraction of sp³-hybridized carbons (Fsp3) is 0.350. The van der Waals surface area contributed by atoms with Crippen molar-refractivity contribution in [2.45, 2.75) is 37.5 Å². The van der Waals surface area contributed by atoms with Crippen molar-refractivity contribution < 1.29 is 4.79 Å². The molecule has 1 fully saturated rings. The second kappa shape index (κ2) is 8.39. The normalized spacial score (nSPS) is 16.8. The quantitative estimate of drug-likeness (QED) is 0.394. The van der Waals surface area contributed by atoms with E-state index in [1.165, 1.54) is 16.6 Å². The number of benzene rings is 1. The Morgan fingerprint density at radius 3 is 3.00 bits per heavy atom. The molecule has 1 aliphatic heterocycles. The summed E-state index contributed by atoms with van der Waals surface area (Å²) in [4.78, 5) is 33.6. The third-order valence-electron chi connectivity index (χ3n) is 4.97. The third-order valence-corrected chi connectivity index (χ3v) is 7.39. The van der Waals surface area contributed by atoms with Crippen LogP contribution in [0.4, 0.5) is 0 Å². The zero-order valence-corrected chi connectivity index (χ0v) is 18.6. The second-order valence-corrected chi connectivity index (χ2v) is 9.49. The molecule has 0 N–H and O–H groups in total. The topological polar surface area (TPSA) is 55.2 Å². The number of halogens is 1. The van der Waals surface area contributed by atoms with Crippen LogP contribution in [0.1, 0.15) is 30.7 Å². The summed E-state index contributed by atoms with van der Waals surface area (Å²) in [6, 6.07) is 9.83. The van der Waals surface area contributed by atoms with Crippen LogP contribution in [0.3, 0.4) is 0 Å². The number of amides is 1. The van der Waals surface area contributed by atoms with E-state index in [1.54, 1.807) is 22.0 Å². The largest absolute Gasteiger partial charge is 0.334 e. The van der Waals surface area contributed by atoms with Gasteiger partial charge in [-0.1, -0.05) is 33.8 Å². The number of rotatable bonds is 5. The summed E-state index contributed by atoms with van der Waals surface area (Å²) in [6.07, 6.45) is 2.04. The first-order chi connectivity index (χ1) is 13.6. The highest BCUT2D eigenvalue weighted by atomic mass is 79.9. The van der Waals surface area contributed by atoms with Gasteiger partial charge in [-0.15, -0.1) is 11.3 Å². The van der Waals surface area contributed by atoms with E-state index in [0.29, 0.717) is 22.6 Å². The van der Waals surface area contributed by atoms with Crippen molar-refractivity contribution >= 4 is 55.8 Å². The standard InChI is InChI=1S/C20H20BrN3O2S2/c1-2-23-19(26)14-11-13(21)7-8-15(14)22-20(23)28-12-18(25)24-9-3-5-16(24)17-6-4-10-27-17/h4,6-8,10-11,16H,2-3,5,9,12H2,1H3. The van der Waals surface area contributed by atoms with Gasteiger partial charge in [0.2, 0.25) is 5.91 Å². The minimum absolute atomic E-state index is 0.0682. The average molecular weight is 478 g/mol. The van der Waals surface area contributed by atoms with Gasteiger partial charge < -0.3 is 4.90 Å². The van der Waals surface area contributed by atoms with Gasteiger partial charge in [-0.05, 0) is 49.4 Å². The molecule has 5 nitrogen and oxygen atoms in total. The van der Waals surface area contributed by atoms with E-state index in [1.807, 2.05) is 30.0 Å². The molecule has 3 aromatic rings. The van der Waals surface area contributed by atoms with E-state index in [9.17, 15) is 9.59 Å². The summed E-state index contributed by atoms with van der Waals surface area (Å²) in [5, 5.41) is 3.24. The van der Waals surface area contributed by atoms with E-state index in [-0.39, 0.29) is 23.3 Å². The first kappa shape index (κ1) is 19.7. The van der Waals surface area contributed by atoms with Crippen LogP contribution in [0.5, 0.6) is 0 Å². The van der Waals surface area contributed by atoms with Crippen LogP contribution in [0, 0.1) is 0 Å². The molecule has 0 spiro atoms. The Labute approximate surface area is 179 Å². The lowest BCUT2D eigenvalue weighted by Crippen LogP contribution is -2.32. The van der Waals surface area contributed by atoms with E-state index in [0.717, 1.165) is 23.9 Å². The van der Waals surface area contributed by atoms with Gasteiger partial charge in [-0.3, -0.25) is 14.2 Å². The number of carbonyl (C=O) groups is 1. The highest BCUT2D eigenvalue weighted by molar-refractivity contribution is 9.10. The minimum Gasteiger partial charge on any atom is -0.334 e. The number of hydrogen-bond donors (Lipinski definition) is 0. The van der Waals surface area contributed by atoms with Crippen LogP contribution in [0.2, 0.25) is 0 Å². The molecule has 2 aromatic heterocycles. The minimum atomic E-state index is -0.0682. The molecule has 0 radical (unpaired) electrons. The number of hydrogen-bond acceptors (Lipinski definition) is 5. The number of nitrogens with zero attached hydrogens (tertiary/aromatic N) is 3. The SMILES string of the molecule is CCn1c(SCC(=O)N2CCCC2c2cccs2)nc2ccc(Br)cc2c1=O. The lowest BCUT2D eigenvalue weighted by Gasteiger charge is -2.24. The summed E-state index contributed by atoms with van der Waals surface area (Å²) in [5.74, 6) is 0.393. The summed E-state index contributed by atoms with van der Waals surface area (Å²) < 4.78 is 2.50. The molecule has 0 aliphatic carbocycles. The molecule has 1 amide bonds. The van der Waals surface area contributed by atoms with E-state index < -0.39 is 0 Å². The number of fused-ring (bicyclic) bond motifs is 1. The molecular formula is C20H20BrN3O2S2. The Hall–Kier alpha value is -1.64. The Bertz CT molecular complexity index is 1070. The molecular weight excluding hydrogens is 458 g/mol. The summed E-state index contributed by atoms with van der Waals surface area (Å²) in [7, 11) is 0. The van der Waals surface area contributed by atoms with E-state index in [4.69, 9.17) is 0 Å². The maximum absolute atomic E-state index is 12.9. The van der Waals surface area contributed by atoms with Crippen LogP contribution < -0.4 is 5.56 Å². The van der Waals surface area contributed by atoms with E-state index >= 15 is 0 Å². The summed E-state index contributed by atoms with van der Waals surface area (Å²) in [5.41, 5.74) is 0.590. The Kier molecular flexibility index (Phi) is 5.89. The fourth-order valence-electron chi connectivity index (χ4n) is 3.61. The fourth-order valence-corrected chi connectivity index (χ4v) is 5.80. The van der Waals surface area contributed by atoms with Crippen molar-refractivity contribution in [1.82, 2.24) is 14.5 Å². The smallest absolute Gasteiger partial charge is 0.262 e. The Morgan fingerprint density at radius 2 is 2.25 bits per heavy atom. The number of aromatic nitrogens is 2. The van der Waals surface area contributed by atoms with E-state index in [2.05, 4.69) is 32.4 Å². The number of thiophene rings is 1. The van der Waals surface area contributed by atoms with Gasteiger partial charge in [0.15, 0.2) is 5.16 Å². The molecule has 3 heterocycles.